The first-order chi connectivity index (χ1) is 17.0. The Bertz CT molecular complexity index is 1290. The van der Waals surface area contributed by atoms with Gasteiger partial charge in [0.25, 0.3) is 5.91 Å². The first kappa shape index (κ1) is 23.9. The number of aryl methyl sites for hydroxylation is 1. The predicted molar refractivity (Wildman–Crippen MR) is 132 cm³/mol. The van der Waals surface area contributed by atoms with Crippen LogP contribution in [-0.4, -0.2) is 29.4 Å². The van der Waals surface area contributed by atoms with Crippen molar-refractivity contribution in [1.82, 2.24) is 9.78 Å². The van der Waals surface area contributed by atoms with Crippen LogP contribution in [0.5, 0.6) is 17.2 Å². The fourth-order valence-electron chi connectivity index (χ4n) is 3.68. The normalized spacial score (nSPS) is 10.7. The molecule has 0 aliphatic heterocycles. The molecule has 0 radical (unpaired) electrons. The van der Waals surface area contributed by atoms with Crippen LogP contribution < -0.4 is 19.5 Å². The lowest BCUT2D eigenvalue weighted by Gasteiger charge is -2.08. The van der Waals surface area contributed by atoms with Gasteiger partial charge in [-0.3, -0.25) is 9.48 Å². The zero-order valence-corrected chi connectivity index (χ0v) is 20.3. The summed E-state index contributed by atoms with van der Waals surface area (Å²) in [5, 5.41) is 7.53. The molecule has 0 aliphatic rings. The number of methoxy groups -OCH3 is 1. The average molecular weight is 476 g/mol. The summed E-state index contributed by atoms with van der Waals surface area (Å²) >= 11 is 0. The Balaban J connectivity index is 1.38. The highest BCUT2D eigenvalue weighted by Crippen LogP contribution is 2.23. The number of carbonyl (C=O) groups excluding carboxylic acids is 1. The number of carbonyl (C=O) groups is 1. The second kappa shape index (κ2) is 10.8. The number of hydrogen-bond acceptors (Lipinski definition) is 6. The molecule has 0 bridgehead atoms. The van der Waals surface area contributed by atoms with Crippen LogP contribution in [0.4, 0.5) is 5.69 Å². The number of ether oxygens (including phenoxy) is 3. The molecule has 8 heteroatoms. The van der Waals surface area contributed by atoms with E-state index in [1.54, 1.807) is 19.2 Å². The van der Waals surface area contributed by atoms with E-state index in [0.717, 1.165) is 28.5 Å². The number of anilines is 1. The summed E-state index contributed by atoms with van der Waals surface area (Å²) in [6.07, 6.45) is 0. The SMILES string of the molecule is CCOc1ccc(OCc2ccc(C(=O)Nc3c(C)nn(Cc4cccc(OC)c4)c3C)o2)cc1. The number of rotatable bonds is 10. The molecule has 2 heterocycles. The molecule has 4 aromatic rings. The summed E-state index contributed by atoms with van der Waals surface area (Å²) in [4.78, 5) is 12.8. The molecule has 0 unspecified atom stereocenters. The predicted octanol–water partition coefficient (Wildman–Crippen LogP) is 5.38. The standard InChI is InChI=1S/C27H29N3O5/c1-5-33-21-9-11-22(12-10-21)34-17-24-13-14-25(35-24)27(31)28-26-18(2)29-30(19(26)3)16-20-7-6-8-23(15-20)32-4/h6-15H,5,16-17H2,1-4H3,(H,28,31). The lowest BCUT2D eigenvalue weighted by atomic mass is 10.2. The van der Waals surface area contributed by atoms with E-state index >= 15 is 0 Å². The Kier molecular flexibility index (Phi) is 7.40. The van der Waals surface area contributed by atoms with Crippen molar-refractivity contribution in [1.29, 1.82) is 0 Å². The van der Waals surface area contributed by atoms with E-state index in [1.165, 1.54) is 0 Å². The van der Waals surface area contributed by atoms with E-state index in [4.69, 9.17) is 18.6 Å². The van der Waals surface area contributed by atoms with Crippen LogP contribution >= 0.6 is 0 Å². The maximum atomic E-state index is 12.8. The van der Waals surface area contributed by atoms with Crippen LogP contribution in [0.15, 0.2) is 65.1 Å². The van der Waals surface area contributed by atoms with Gasteiger partial charge in [0, 0.05) is 0 Å². The van der Waals surface area contributed by atoms with Gasteiger partial charge in [0.2, 0.25) is 0 Å². The smallest absolute Gasteiger partial charge is 0.291 e. The molecule has 0 fully saturated rings. The lowest BCUT2D eigenvalue weighted by Crippen LogP contribution is -2.12. The number of nitrogens with zero attached hydrogens (tertiary/aromatic N) is 2. The molecule has 0 spiro atoms. The minimum absolute atomic E-state index is 0.203. The van der Waals surface area contributed by atoms with Gasteiger partial charge in [0.1, 0.15) is 29.6 Å². The topological polar surface area (TPSA) is 87.8 Å². The number of benzene rings is 2. The van der Waals surface area contributed by atoms with Crippen LogP contribution in [0.2, 0.25) is 0 Å². The Hall–Kier alpha value is -4.20. The van der Waals surface area contributed by atoms with Crippen molar-refractivity contribution in [3.05, 3.63) is 89.1 Å². The Labute approximate surface area is 204 Å². The van der Waals surface area contributed by atoms with Gasteiger partial charge >= 0.3 is 0 Å². The molecule has 35 heavy (non-hydrogen) atoms. The number of hydrogen-bond donors (Lipinski definition) is 1. The van der Waals surface area contributed by atoms with Gasteiger partial charge in [0.15, 0.2) is 5.76 Å². The van der Waals surface area contributed by atoms with E-state index in [0.29, 0.717) is 30.3 Å². The average Bonchev–Trinajstić information content (AvgIpc) is 3.44. The van der Waals surface area contributed by atoms with Crippen molar-refractivity contribution < 1.29 is 23.4 Å². The third-order valence-corrected chi connectivity index (χ3v) is 5.49. The molecule has 0 saturated heterocycles. The highest BCUT2D eigenvalue weighted by atomic mass is 16.5. The number of nitrogens with one attached hydrogen (secondary N) is 1. The van der Waals surface area contributed by atoms with Gasteiger partial charge in [0.05, 0.1) is 37.3 Å². The van der Waals surface area contributed by atoms with Crippen molar-refractivity contribution in [3.8, 4) is 17.2 Å². The zero-order chi connectivity index (χ0) is 24.8. The zero-order valence-electron chi connectivity index (χ0n) is 20.3. The van der Waals surface area contributed by atoms with E-state index < -0.39 is 0 Å². The summed E-state index contributed by atoms with van der Waals surface area (Å²) in [6, 6.07) is 18.5. The Morgan fingerprint density at radius 3 is 2.46 bits per heavy atom. The Morgan fingerprint density at radius 2 is 1.74 bits per heavy atom. The molecular formula is C27H29N3O5. The van der Waals surface area contributed by atoms with Gasteiger partial charge in [-0.2, -0.15) is 5.10 Å². The summed E-state index contributed by atoms with van der Waals surface area (Å²) in [5.74, 6) is 2.67. The van der Waals surface area contributed by atoms with Crippen LogP contribution in [0, 0.1) is 13.8 Å². The van der Waals surface area contributed by atoms with Gasteiger partial charge in [-0.15, -0.1) is 0 Å². The summed E-state index contributed by atoms with van der Waals surface area (Å²) in [6.45, 7) is 7.11. The van der Waals surface area contributed by atoms with Crippen molar-refractivity contribution >= 4 is 11.6 Å². The summed E-state index contributed by atoms with van der Waals surface area (Å²) in [7, 11) is 1.64. The summed E-state index contributed by atoms with van der Waals surface area (Å²) in [5.41, 5.74) is 3.30. The van der Waals surface area contributed by atoms with E-state index in [9.17, 15) is 4.79 Å². The fourth-order valence-corrected chi connectivity index (χ4v) is 3.68. The number of amides is 1. The second-order valence-electron chi connectivity index (χ2n) is 7.97. The Morgan fingerprint density at radius 1 is 1.00 bits per heavy atom. The third-order valence-electron chi connectivity index (χ3n) is 5.49. The molecule has 8 nitrogen and oxygen atoms in total. The maximum Gasteiger partial charge on any atom is 0.291 e. The molecule has 4 rings (SSSR count). The monoisotopic (exact) mass is 475 g/mol. The van der Waals surface area contributed by atoms with Crippen molar-refractivity contribution in [2.75, 3.05) is 19.0 Å². The molecular weight excluding hydrogens is 446 g/mol. The number of aromatic nitrogens is 2. The van der Waals surface area contributed by atoms with Gasteiger partial charge in [-0.25, -0.2) is 0 Å². The molecule has 1 amide bonds. The largest absolute Gasteiger partial charge is 0.497 e. The summed E-state index contributed by atoms with van der Waals surface area (Å²) < 4.78 is 24.0. The lowest BCUT2D eigenvalue weighted by molar-refractivity contribution is 0.0992. The highest BCUT2D eigenvalue weighted by molar-refractivity contribution is 6.02. The molecule has 2 aromatic carbocycles. The van der Waals surface area contributed by atoms with Crippen molar-refractivity contribution in [2.24, 2.45) is 0 Å². The van der Waals surface area contributed by atoms with Crippen LogP contribution in [0.25, 0.3) is 0 Å². The van der Waals surface area contributed by atoms with Gasteiger partial charge in [-0.1, -0.05) is 12.1 Å². The number of furan rings is 1. The van der Waals surface area contributed by atoms with Gasteiger partial charge < -0.3 is 23.9 Å². The molecule has 2 aromatic heterocycles. The van der Waals surface area contributed by atoms with E-state index in [2.05, 4.69) is 10.4 Å². The van der Waals surface area contributed by atoms with Crippen LogP contribution in [-0.2, 0) is 13.2 Å². The molecule has 0 atom stereocenters. The van der Waals surface area contributed by atoms with Crippen LogP contribution in [0.3, 0.4) is 0 Å². The van der Waals surface area contributed by atoms with Crippen molar-refractivity contribution in [2.45, 2.75) is 33.9 Å². The van der Waals surface area contributed by atoms with Crippen LogP contribution in [0.1, 0.15) is 40.2 Å². The minimum atomic E-state index is -0.343. The maximum absolute atomic E-state index is 12.8. The second-order valence-corrected chi connectivity index (χ2v) is 7.97. The minimum Gasteiger partial charge on any atom is -0.497 e. The van der Waals surface area contributed by atoms with E-state index in [-0.39, 0.29) is 18.3 Å². The first-order valence-corrected chi connectivity index (χ1v) is 11.4. The first-order valence-electron chi connectivity index (χ1n) is 11.4. The quantitative estimate of drug-likeness (QED) is 0.331. The van der Waals surface area contributed by atoms with Crippen molar-refractivity contribution in [3.63, 3.8) is 0 Å². The molecule has 0 aliphatic carbocycles. The third kappa shape index (κ3) is 5.84. The molecule has 0 saturated carbocycles. The molecule has 182 valence electrons. The van der Waals surface area contributed by atoms with Gasteiger partial charge in [-0.05, 0) is 74.9 Å². The highest BCUT2D eigenvalue weighted by Gasteiger charge is 2.18. The van der Waals surface area contributed by atoms with E-state index in [1.807, 2.05) is 74.0 Å². The molecule has 1 N–H and O–H groups in total. The fraction of sp³-hybridized carbons (Fsp3) is 0.259.